The van der Waals surface area contributed by atoms with E-state index in [-0.39, 0.29) is 27.5 Å². The van der Waals surface area contributed by atoms with Gasteiger partial charge in [0, 0.05) is 5.69 Å². The predicted octanol–water partition coefficient (Wildman–Crippen LogP) is 3.89. The van der Waals surface area contributed by atoms with Crippen LogP contribution in [0.15, 0.2) is 36.4 Å². The largest absolute Gasteiger partial charge is 0.465 e. The van der Waals surface area contributed by atoms with E-state index in [9.17, 15) is 18.8 Å². The molecule has 0 atom stereocenters. The minimum absolute atomic E-state index is 0.0929. The number of carbonyl (C=O) groups excluding carboxylic acids is 3. The molecule has 9 heteroatoms. The normalized spacial score (nSPS) is 15.4. The minimum Gasteiger partial charge on any atom is -0.465 e. The fourth-order valence-corrected chi connectivity index (χ4v) is 3.33. The number of urea groups is 1. The van der Waals surface area contributed by atoms with Crippen molar-refractivity contribution in [1.82, 2.24) is 0 Å². The fraction of sp³-hybridized carbons (Fsp3) is 0.200. The number of amides is 3. The van der Waals surface area contributed by atoms with Crippen LogP contribution in [0.4, 0.5) is 20.6 Å². The van der Waals surface area contributed by atoms with Crippen molar-refractivity contribution in [1.29, 1.82) is 5.26 Å². The van der Waals surface area contributed by atoms with Crippen molar-refractivity contribution in [3.63, 3.8) is 0 Å². The summed E-state index contributed by atoms with van der Waals surface area (Å²) in [5, 5.41) is 9.09. The zero-order valence-electron chi connectivity index (χ0n) is 15.7. The third-order valence-corrected chi connectivity index (χ3v) is 4.93. The van der Waals surface area contributed by atoms with Crippen LogP contribution in [0.2, 0.25) is 5.02 Å². The Morgan fingerprint density at radius 3 is 2.38 bits per heavy atom. The molecule has 148 valence electrons. The van der Waals surface area contributed by atoms with Gasteiger partial charge in [-0.25, -0.2) is 18.9 Å². The molecule has 0 bridgehead atoms. The average Bonchev–Trinajstić information content (AvgIpc) is 2.85. The highest BCUT2D eigenvalue weighted by atomic mass is 35.5. The van der Waals surface area contributed by atoms with Crippen LogP contribution in [0.3, 0.4) is 0 Å². The second-order valence-corrected chi connectivity index (χ2v) is 7.16. The third kappa shape index (κ3) is 3.19. The van der Waals surface area contributed by atoms with E-state index >= 15 is 0 Å². The summed E-state index contributed by atoms with van der Waals surface area (Å²) in [4.78, 5) is 39.7. The zero-order valence-corrected chi connectivity index (χ0v) is 16.5. The number of benzene rings is 2. The van der Waals surface area contributed by atoms with Gasteiger partial charge in [0.2, 0.25) is 0 Å². The van der Waals surface area contributed by atoms with Crippen LogP contribution in [0.25, 0.3) is 0 Å². The monoisotopic (exact) mass is 415 g/mol. The highest BCUT2D eigenvalue weighted by Crippen LogP contribution is 2.37. The molecular weight excluding hydrogens is 401 g/mol. The quantitative estimate of drug-likeness (QED) is 0.560. The summed E-state index contributed by atoms with van der Waals surface area (Å²) in [6, 6.07) is 8.90. The van der Waals surface area contributed by atoms with E-state index < -0.39 is 29.3 Å². The molecule has 29 heavy (non-hydrogen) atoms. The molecule has 0 aliphatic carbocycles. The fourth-order valence-electron chi connectivity index (χ4n) is 3.11. The summed E-state index contributed by atoms with van der Waals surface area (Å²) < 4.78 is 18.9. The van der Waals surface area contributed by atoms with Gasteiger partial charge in [0.05, 0.1) is 28.9 Å². The summed E-state index contributed by atoms with van der Waals surface area (Å²) in [5.41, 5.74) is -1.14. The van der Waals surface area contributed by atoms with Crippen molar-refractivity contribution in [3.8, 4) is 6.07 Å². The molecule has 1 fully saturated rings. The first-order valence-corrected chi connectivity index (χ1v) is 8.77. The van der Waals surface area contributed by atoms with Crippen LogP contribution in [-0.2, 0) is 9.53 Å². The number of carbonyl (C=O) groups is 3. The average molecular weight is 416 g/mol. The molecule has 0 unspecified atom stereocenters. The molecule has 2 aromatic rings. The van der Waals surface area contributed by atoms with Crippen LogP contribution in [0.1, 0.15) is 29.8 Å². The maximum Gasteiger partial charge on any atom is 0.340 e. The van der Waals surface area contributed by atoms with E-state index in [1.165, 1.54) is 44.2 Å². The van der Waals surface area contributed by atoms with Crippen LogP contribution in [0.5, 0.6) is 0 Å². The number of nitrogens with zero attached hydrogens (tertiary/aromatic N) is 3. The summed E-state index contributed by atoms with van der Waals surface area (Å²) in [7, 11) is 1.13. The van der Waals surface area contributed by atoms with Crippen molar-refractivity contribution in [2.24, 2.45) is 0 Å². The van der Waals surface area contributed by atoms with Gasteiger partial charge in [0.1, 0.15) is 17.4 Å². The van der Waals surface area contributed by atoms with E-state index in [0.29, 0.717) is 0 Å². The lowest BCUT2D eigenvalue weighted by Crippen LogP contribution is -2.44. The molecule has 7 nitrogen and oxygen atoms in total. The van der Waals surface area contributed by atoms with Crippen LogP contribution in [-0.4, -0.2) is 30.6 Å². The summed E-state index contributed by atoms with van der Waals surface area (Å²) >= 11 is 6.03. The number of imide groups is 1. The lowest BCUT2D eigenvalue weighted by atomic mass is 10.0. The van der Waals surface area contributed by atoms with Gasteiger partial charge in [-0.2, -0.15) is 5.26 Å². The van der Waals surface area contributed by atoms with Gasteiger partial charge in [-0.3, -0.25) is 9.69 Å². The lowest BCUT2D eigenvalue weighted by molar-refractivity contribution is -0.120. The van der Waals surface area contributed by atoms with E-state index in [1.54, 1.807) is 0 Å². The van der Waals surface area contributed by atoms with Crippen molar-refractivity contribution in [2.45, 2.75) is 19.4 Å². The number of nitriles is 1. The molecule has 0 aromatic heterocycles. The van der Waals surface area contributed by atoms with Crippen LogP contribution < -0.4 is 9.80 Å². The predicted molar refractivity (Wildman–Crippen MR) is 103 cm³/mol. The van der Waals surface area contributed by atoms with Gasteiger partial charge in [-0.15, -0.1) is 0 Å². The topological polar surface area (TPSA) is 90.7 Å². The van der Waals surface area contributed by atoms with E-state index in [0.717, 1.165) is 23.0 Å². The zero-order chi connectivity index (χ0) is 21.5. The first kappa shape index (κ1) is 20.3. The number of halogens is 2. The Hall–Kier alpha value is -3.44. The van der Waals surface area contributed by atoms with Crippen molar-refractivity contribution < 1.29 is 23.5 Å². The summed E-state index contributed by atoms with van der Waals surface area (Å²) in [5.74, 6) is -2.29. The number of methoxy groups -OCH3 is 1. The molecule has 2 aromatic carbocycles. The van der Waals surface area contributed by atoms with Gasteiger partial charge in [0.25, 0.3) is 5.91 Å². The molecule has 1 aliphatic rings. The number of anilines is 2. The van der Waals surface area contributed by atoms with E-state index in [1.807, 2.05) is 6.07 Å². The number of rotatable bonds is 3. The van der Waals surface area contributed by atoms with Crippen LogP contribution in [0, 0.1) is 17.1 Å². The van der Waals surface area contributed by atoms with E-state index in [4.69, 9.17) is 16.9 Å². The van der Waals surface area contributed by atoms with Crippen molar-refractivity contribution >= 4 is 40.9 Å². The highest BCUT2D eigenvalue weighted by Gasteiger charge is 2.52. The van der Waals surface area contributed by atoms with Gasteiger partial charge in [0.15, 0.2) is 0 Å². The van der Waals surface area contributed by atoms with Gasteiger partial charge in [-0.1, -0.05) is 11.6 Å². The molecular formula is C20H15ClFN3O4. The Balaban J connectivity index is 2.06. The molecule has 0 N–H and O–H groups in total. The van der Waals surface area contributed by atoms with Gasteiger partial charge in [-0.05, 0) is 50.2 Å². The first-order valence-electron chi connectivity index (χ1n) is 8.39. The summed E-state index contributed by atoms with van der Waals surface area (Å²) in [6.07, 6.45) is 0. The Bertz CT molecular complexity index is 1090. The molecule has 0 radical (unpaired) electrons. The SMILES string of the molecule is COC(=O)c1ccc(N2C(=O)N(c3ccc(C#N)c(Cl)c3)C(=O)C2(C)C)cc1F. The second kappa shape index (κ2) is 7.18. The second-order valence-electron chi connectivity index (χ2n) is 6.75. The molecule has 3 amide bonds. The number of hydrogen-bond acceptors (Lipinski definition) is 5. The van der Waals surface area contributed by atoms with Crippen LogP contribution >= 0.6 is 11.6 Å². The molecule has 3 rings (SSSR count). The van der Waals surface area contributed by atoms with Gasteiger partial charge < -0.3 is 4.74 Å². The molecule has 0 spiro atoms. The first-order chi connectivity index (χ1) is 13.6. The molecule has 1 aliphatic heterocycles. The number of ether oxygens (including phenoxy) is 1. The Kier molecular flexibility index (Phi) is 5.03. The summed E-state index contributed by atoms with van der Waals surface area (Å²) in [6.45, 7) is 3.04. The number of hydrogen-bond donors (Lipinski definition) is 0. The standard InChI is InChI=1S/C20H15ClFN3O4/c1-20(2)18(27)24(12-5-4-11(10-23)15(21)8-12)19(28)25(20)13-6-7-14(16(22)9-13)17(26)29-3/h4-9H,1-3H3. The van der Waals surface area contributed by atoms with E-state index in [2.05, 4.69) is 4.74 Å². The molecule has 0 saturated carbocycles. The lowest BCUT2D eigenvalue weighted by Gasteiger charge is -2.27. The molecule has 1 heterocycles. The Morgan fingerprint density at radius 1 is 1.17 bits per heavy atom. The highest BCUT2D eigenvalue weighted by molar-refractivity contribution is 6.33. The number of esters is 1. The Labute approximate surface area is 170 Å². The maximum absolute atomic E-state index is 14.4. The Morgan fingerprint density at radius 2 is 1.83 bits per heavy atom. The van der Waals surface area contributed by atoms with Crippen molar-refractivity contribution in [2.75, 3.05) is 16.9 Å². The smallest absolute Gasteiger partial charge is 0.340 e. The minimum atomic E-state index is -1.34. The van der Waals surface area contributed by atoms with Gasteiger partial charge >= 0.3 is 12.0 Å². The van der Waals surface area contributed by atoms with Crippen molar-refractivity contribution in [3.05, 3.63) is 58.4 Å². The molecule has 1 saturated heterocycles. The maximum atomic E-state index is 14.4. The third-order valence-electron chi connectivity index (χ3n) is 4.62.